The van der Waals surface area contributed by atoms with Gasteiger partial charge in [-0.25, -0.2) is 0 Å². The molecule has 0 unspecified atom stereocenters. The predicted molar refractivity (Wildman–Crippen MR) is 44.4 cm³/mol. The number of pyridine rings is 1. The zero-order valence-corrected chi connectivity index (χ0v) is 6.97. The SMILES string of the molecule is Cc1noc2[nH]c(=O)cc(Cl)c12. The van der Waals surface area contributed by atoms with E-state index in [0.29, 0.717) is 21.8 Å². The third-order valence-electron chi connectivity index (χ3n) is 1.60. The number of rotatable bonds is 0. The smallest absolute Gasteiger partial charge is 0.252 e. The van der Waals surface area contributed by atoms with Gasteiger partial charge in [-0.2, -0.15) is 0 Å². The Labute approximate surface area is 72.1 Å². The summed E-state index contributed by atoms with van der Waals surface area (Å²) in [4.78, 5) is 13.4. The molecule has 0 saturated heterocycles. The van der Waals surface area contributed by atoms with Crippen LogP contribution >= 0.6 is 11.6 Å². The molecule has 62 valence electrons. The number of nitrogens with zero attached hydrogens (tertiary/aromatic N) is 1. The molecule has 0 aliphatic rings. The lowest BCUT2D eigenvalue weighted by atomic mass is 10.3. The highest BCUT2D eigenvalue weighted by Gasteiger charge is 2.08. The first-order valence-corrected chi connectivity index (χ1v) is 3.71. The zero-order chi connectivity index (χ0) is 8.72. The Morgan fingerprint density at radius 3 is 3.17 bits per heavy atom. The molecule has 0 amide bonds. The molecule has 0 spiro atoms. The summed E-state index contributed by atoms with van der Waals surface area (Å²) in [5.74, 6) is 0. The van der Waals surface area contributed by atoms with Gasteiger partial charge in [-0.1, -0.05) is 16.8 Å². The number of hydrogen-bond acceptors (Lipinski definition) is 3. The Balaban J connectivity index is 3.02. The number of nitrogens with one attached hydrogen (secondary N) is 1. The summed E-state index contributed by atoms with van der Waals surface area (Å²) in [6, 6.07) is 1.30. The molecule has 2 aromatic rings. The average Bonchev–Trinajstić information content (AvgIpc) is 2.31. The van der Waals surface area contributed by atoms with Gasteiger partial charge in [-0.3, -0.25) is 9.78 Å². The maximum absolute atomic E-state index is 10.9. The molecule has 0 fully saturated rings. The minimum Gasteiger partial charge on any atom is -0.337 e. The van der Waals surface area contributed by atoms with Crippen LogP contribution in [0.15, 0.2) is 15.4 Å². The standard InChI is InChI=1S/C7H5ClN2O2/c1-3-6-4(8)2-5(11)9-7(6)12-10-3/h2H,1H3,(H,9,11). The van der Waals surface area contributed by atoms with Gasteiger partial charge in [0.25, 0.3) is 5.56 Å². The van der Waals surface area contributed by atoms with Gasteiger partial charge < -0.3 is 4.52 Å². The second-order valence-electron chi connectivity index (χ2n) is 2.45. The largest absolute Gasteiger partial charge is 0.337 e. The summed E-state index contributed by atoms with van der Waals surface area (Å²) in [6.45, 7) is 1.76. The van der Waals surface area contributed by atoms with E-state index in [2.05, 4.69) is 10.1 Å². The summed E-state index contributed by atoms with van der Waals surface area (Å²) in [5, 5.41) is 4.70. The van der Waals surface area contributed by atoms with Crippen molar-refractivity contribution in [3.63, 3.8) is 0 Å². The predicted octanol–water partition coefficient (Wildman–Crippen LogP) is 1.48. The fourth-order valence-corrected chi connectivity index (χ4v) is 1.39. The first kappa shape index (κ1) is 7.36. The Morgan fingerprint density at radius 1 is 1.67 bits per heavy atom. The minimum absolute atomic E-state index is 0.288. The topological polar surface area (TPSA) is 58.9 Å². The highest BCUT2D eigenvalue weighted by atomic mass is 35.5. The molecule has 2 rings (SSSR count). The average molecular weight is 185 g/mol. The molecule has 0 aromatic carbocycles. The number of halogens is 1. The van der Waals surface area contributed by atoms with Crippen LogP contribution in [0.1, 0.15) is 5.69 Å². The molecule has 4 nitrogen and oxygen atoms in total. The lowest BCUT2D eigenvalue weighted by Gasteiger charge is -1.89. The normalized spacial score (nSPS) is 10.8. The summed E-state index contributed by atoms with van der Waals surface area (Å²) >= 11 is 5.79. The van der Waals surface area contributed by atoms with Crippen molar-refractivity contribution in [2.75, 3.05) is 0 Å². The Kier molecular flexibility index (Phi) is 1.44. The molecular formula is C7H5ClN2O2. The Morgan fingerprint density at radius 2 is 2.42 bits per heavy atom. The van der Waals surface area contributed by atoms with Gasteiger partial charge in [0, 0.05) is 6.07 Å². The monoisotopic (exact) mass is 184 g/mol. The lowest BCUT2D eigenvalue weighted by molar-refractivity contribution is 0.442. The van der Waals surface area contributed by atoms with Crippen molar-refractivity contribution < 1.29 is 4.52 Å². The van der Waals surface area contributed by atoms with Crippen LogP contribution < -0.4 is 5.56 Å². The molecular weight excluding hydrogens is 180 g/mol. The molecule has 0 aliphatic heterocycles. The van der Waals surface area contributed by atoms with E-state index in [1.54, 1.807) is 6.92 Å². The van der Waals surface area contributed by atoms with Crippen molar-refractivity contribution in [3.8, 4) is 0 Å². The fraction of sp³-hybridized carbons (Fsp3) is 0.143. The first-order chi connectivity index (χ1) is 5.68. The van der Waals surface area contributed by atoms with Crippen molar-refractivity contribution in [2.24, 2.45) is 0 Å². The van der Waals surface area contributed by atoms with Gasteiger partial charge in [-0.15, -0.1) is 0 Å². The number of aromatic amines is 1. The highest BCUT2D eigenvalue weighted by Crippen LogP contribution is 2.22. The van der Waals surface area contributed by atoms with Crippen molar-refractivity contribution in [1.82, 2.24) is 10.1 Å². The van der Waals surface area contributed by atoms with E-state index < -0.39 is 0 Å². The first-order valence-electron chi connectivity index (χ1n) is 3.33. The summed E-state index contributed by atoms with van der Waals surface area (Å²) < 4.78 is 4.82. The van der Waals surface area contributed by atoms with Gasteiger partial charge in [0.1, 0.15) is 0 Å². The Hall–Kier alpha value is -1.29. The summed E-state index contributed by atoms with van der Waals surface area (Å²) in [5.41, 5.74) is 0.708. The van der Waals surface area contributed by atoms with E-state index >= 15 is 0 Å². The molecule has 1 N–H and O–H groups in total. The van der Waals surface area contributed by atoms with Crippen molar-refractivity contribution in [3.05, 3.63) is 27.1 Å². The van der Waals surface area contributed by atoms with Gasteiger partial charge in [0.2, 0.25) is 5.71 Å². The summed E-state index contributed by atoms with van der Waals surface area (Å²) in [7, 11) is 0. The molecule has 12 heavy (non-hydrogen) atoms. The number of aryl methyl sites for hydroxylation is 1. The molecule has 0 saturated carbocycles. The third-order valence-corrected chi connectivity index (χ3v) is 1.89. The van der Waals surface area contributed by atoms with Crippen LogP contribution in [0.25, 0.3) is 11.1 Å². The Bertz CT molecular complexity index is 486. The zero-order valence-electron chi connectivity index (χ0n) is 6.22. The van der Waals surface area contributed by atoms with E-state index in [0.717, 1.165) is 0 Å². The van der Waals surface area contributed by atoms with Gasteiger partial charge in [-0.05, 0) is 6.92 Å². The number of H-pyrrole nitrogens is 1. The molecule has 2 heterocycles. The fourth-order valence-electron chi connectivity index (χ4n) is 1.07. The minimum atomic E-state index is -0.288. The lowest BCUT2D eigenvalue weighted by Crippen LogP contribution is -2.02. The summed E-state index contributed by atoms with van der Waals surface area (Å²) in [6.07, 6.45) is 0. The second-order valence-corrected chi connectivity index (χ2v) is 2.86. The van der Waals surface area contributed by atoms with Crippen LogP contribution in [0.5, 0.6) is 0 Å². The van der Waals surface area contributed by atoms with Crippen LogP contribution in [-0.4, -0.2) is 10.1 Å². The van der Waals surface area contributed by atoms with E-state index in [-0.39, 0.29) is 5.56 Å². The van der Waals surface area contributed by atoms with Gasteiger partial charge in [0.15, 0.2) is 0 Å². The molecule has 0 atom stereocenters. The highest BCUT2D eigenvalue weighted by molar-refractivity contribution is 6.35. The quantitative estimate of drug-likeness (QED) is 0.675. The number of aromatic nitrogens is 2. The van der Waals surface area contributed by atoms with Crippen LogP contribution in [0, 0.1) is 6.92 Å². The second kappa shape index (κ2) is 2.35. The van der Waals surface area contributed by atoms with Crippen LogP contribution in [0.2, 0.25) is 5.02 Å². The molecule has 5 heteroatoms. The third kappa shape index (κ3) is 0.921. The maximum atomic E-state index is 10.9. The van der Waals surface area contributed by atoms with Gasteiger partial charge in [0.05, 0.1) is 16.1 Å². The number of hydrogen-bond donors (Lipinski definition) is 1. The van der Waals surface area contributed by atoms with Crippen LogP contribution in [0.4, 0.5) is 0 Å². The number of fused-ring (bicyclic) bond motifs is 1. The molecule has 2 aromatic heterocycles. The van der Waals surface area contributed by atoms with Crippen LogP contribution in [0.3, 0.4) is 0 Å². The maximum Gasteiger partial charge on any atom is 0.252 e. The van der Waals surface area contributed by atoms with Crippen molar-refractivity contribution >= 4 is 22.7 Å². The molecule has 0 aliphatic carbocycles. The van der Waals surface area contributed by atoms with E-state index in [4.69, 9.17) is 16.1 Å². The van der Waals surface area contributed by atoms with Crippen molar-refractivity contribution in [2.45, 2.75) is 6.92 Å². The molecule has 0 bridgehead atoms. The van der Waals surface area contributed by atoms with Crippen molar-refractivity contribution in [1.29, 1.82) is 0 Å². The molecule has 0 radical (unpaired) electrons. The van der Waals surface area contributed by atoms with Crippen LogP contribution in [-0.2, 0) is 0 Å². The van der Waals surface area contributed by atoms with E-state index in [1.165, 1.54) is 6.07 Å². The van der Waals surface area contributed by atoms with E-state index in [9.17, 15) is 4.79 Å². The van der Waals surface area contributed by atoms with Gasteiger partial charge >= 0.3 is 0 Å². The van der Waals surface area contributed by atoms with E-state index in [1.807, 2.05) is 0 Å².